The fourth-order valence-electron chi connectivity index (χ4n) is 1.54. The van der Waals surface area contributed by atoms with Crippen molar-refractivity contribution in [2.45, 2.75) is 26.3 Å². The van der Waals surface area contributed by atoms with Gasteiger partial charge in [0.05, 0.1) is 6.54 Å². The van der Waals surface area contributed by atoms with Crippen molar-refractivity contribution in [2.75, 3.05) is 6.54 Å². The molecule has 0 aliphatic carbocycles. The van der Waals surface area contributed by atoms with Crippen molar-refractivity contribution in [2.24, 2.45) is 11.7 Å². The molecule has 1 heterocycles. The highest BCUT2D eigenvalue weighted by Gasteiger charge is 2.15. The molecule has 1 aromatic rings. The van der Waals surface area contributed by atoms with Gasteiger partial charge in [0.15, 0.2) is 5.76 Å². The zero-order valence-electron chi connectivity index (χ0n) is 10.3. The smallest absolute Gasteiger partial charge is 0.303 e. The van der Waals surface area contributed by atoms with Gasteiger partial charge < -0.3 is 20.6 Å². The number of carboxylic acids is 1. The molecule has 0 aliphatic rings. The van der Waals surface area contributed by atoms with E-state index in [1.807, 2.05) is 6.92 Å². The van der Waals surface area contributed by atoms with Crippen LogP contribution in [0.25, 0.3) is 0 Å². The zero-order chi connectivity index (χ0) is 13.5. The number of carbonyl (C=O) groups excluding carboxylic acids is 1. The fraction of sp³-hybridized carbons (Fsp3) is 0.500. The van der Waals surface area contributed by atoms with E-state index in [1.165, 1.54) is 0 Å². The molecule has 0 radical (unpaired) electrons. The average molecular weight is 254 g/mol. The van der Waals surface area contributed by atoms with E-state index in [9.17, 15) is 9.59 Å². The first-order valence-corrected chi connectivity index (χ1v) is 5.85. The lowest BCUT2D eigenvalue weighted by molar-refractivity contribution is -0.138. The maximum Gasteiger partial charge on any atom is 0.303 e. The highest BCUT2D eigenvalue weighted by Crippen LogP contribution is 2.09. The standard InChI is InChI=1S/C12H18N2O4/c1-2-8(5-11(15)16)7-14-12(17)10-4-3-9(6-13)18-10/h3-4,8H,2,5-7,13H2,1H3,(H,14,17)(H,15,16). The number of amides is 1. The van der Waals surface area contributed by atoms with E-state index >= 15 is 0 Å². The molecule has 0 bridgehead atoms. The maximum absolute atomic E-state index is 11.7. The summed E-state index contributed by atoms with van der Waals surface area (Å²) in [5, 5.41) is 11.3. The largest absolute Gasteiger partial charge is 0.481 e. The lowest BCUT2D eigenvalue weighted by Crippen LogP contribution is -2.29. The van der Waals surface area contributed by atoms with Crippen molar-refractivity contribution >= 4 is 11.9 Å². The minimum atomic E-state index is -0.862. The van der Waals surface area contributed by atoms with E-state index in [0.29, 0.717) is 18.7 Å². The van der Waals surface area contributed by atoms with Crippen LogP contribution in [0.4, 0.5) is 0 Å². The molecule has 0 saturated heterocycles. The molecule has 0 aliphatic heterocycles. The molecule has 0 spiro atoms. The highest BCUT2D eigenvalue weighted by molar-refractivity contribution is 5.91. The summed E-state index contributed by atoms with van der Waals surface area (Å²) in [6.45, 7) is 2.45. The van der Waals surface area contributed by atoms with E-state index in [1.54, 1.807) is 12.1 Å². The maximum atomic E-state index is 11.7. The predicted molar refractivity (Wildman–Crippen MR) is 65.0 cm³/mol. The van der Waals surface area contributed by atoms with Crippen LogP contribution in [-0.4, -0.2) is 23.5 Å². The Hall–Kier alpha value is -1.82. The summed E-state index contributed by atoms with van der Waals surface area (Å²) in [4.78, 5) is 22.3. The van der Waals surface area contributed by atoms with Crippen molar-refractivity contribution in [3.05, 3.63) is 23.7 Å². The van der Waals surface area contributed by atoms with Gasteiger partial charge in [-0.05, 0) is 18.1 Å². The molecule has 1 unspecified atom stereocenters. The SMILES string of the molecule is CCC(CNC(=O)c1ccc(CN)o1)CC(=O)O. The van der Waals surface area contributed by atoms with Crippen molar-refractivity contribution in [1.82, 2.24) is 5.32 Å². The van der Waals surface area contributed by atoms with Gasteiger partial charge in [0.1, 0.15) is 5.76 Å². The highest BCUT2D eigenvalue weighted by atomic mass is 16.4. The summed E-state index contributed by atoms with van der Waals surface area (Å²) in [5.74, 6) is -0.549. The Morgan fingerprint density at radius 1 is 1.50 bits per heavy atom. The Morgan fingerprint density at radius 2 is 2.22 bits per heavy atom. The van der Waals surface area contributed by atoms with Crippen LogP contribution in [0.15, 0.2) is 16.5 Å². The Labute approximate surface area is 105 Å². The molecule has 1 atom stereocenters. The van der Waals surface area contributed by atoms with Gasteiger partial charge in [-0.2, -0.15) is 0 Å². The van der Waals surface area contributed by atoms with Crippen LogP contribution in [-0.2, 0) is 11.3 Å². The third-order valence-corrected chi connectivity index (χ3v) is 2.68. The molecule has 1 aromatic heterocycles. The van der Waals surface area contributed by atoms with Gasteiger partial charge >= 0.3 is 5.97 Å². The Kier molecular flexibility index (Phi) is 5.38. The van der Waals surface area contributed by atoms with Gasteiger partial charge in [0.25, 0.3) is 5.91 Å². The molecular formula is C12H18N2O4. The van der Waals surface area contributed by atoms with Crippen molar-refractivity contribution in [1.29, 1.82) is 0 Å². The lowest BCUT2D eigenvalue weighted by Gasteiger charge is -2.12. The van der Waals surface area contributed by atoms with Crippen LogP contribution >= 0.6 is 0 Å². The number of nitrogens with two attached hydrogens (primary N) is 1. The molecule has 6 nitrogen and oxygen atoms in total. The van der Waals surface area contributed by atoms with Gasteiger partial charge in [0.2, 0.25) is 0 Å². The van der Waals surface area contributed by atoms with Gasteiger partial charge in [-0.3, -0.25) is 9.59 Å². The first-order valence-electron chi connectivity index (χ1n) is 5.85. The minimum absolute atomic E-state index is 0.0446. The summed E-state index contributed by atoms with van der Waals surface area (Å²) < 4.78 is 5.19. The number of carbonyl (C=O) groups is 2. The molecule has 0 saturated carbocycles. The third kappa shape index (κ3) is 4.21. The van der Waals surface area contributed by atoms with Crippen molar-refractivity contribution < 1.29 is 19.1 Å². The monoisotopic (exact) mass is 254 g/mol. The molecule has 0 aromatic carbocycles. The summed E-state index contributed by atoms with van der Waals surface area (Å²) in [6.07, 6.45) is 0.738. The second kappa shape index (κ2) is 6.80. The summed E-state index contributed by atoms with van der Waals surface area (Å²) >= 11 is 0. The predicted octanol–water partition coefficient (Wildman–Crippen LogP) is 0.969. The van der Waals surface area contributed by atoms with Gasteiger partial charge in [-0.1, -0.05) is 13.3 Å². The van der Waals surface area contributed by atoms with Crippen LogP contribution in [0, 0.1) is 5.92 Å². The second-order valence-corrected chi connectivity index (χ2v) is 4.05. The fourth-order valence-corrected chi connectivity index (χ4v) is 1.54. The van der Waals surface area contributed by atoms with Crippen molar-refractivity contribution in [3.63, 3.8) is 0 Å². The number of hydrogen-bond acceptors (Lipinski definition) is 4. The Bertz CT molecular complexity index is 414. The summed E-state index contributed by atoms with van der Waals surface area (Å²) in [7, 11) is 0. The number of rotatable bonds is 7. The summed E-state index contributed by atoms with van der Waals surface area (Å²) in [6, 6.07) is 3.19. The van der Waals surface area contributed by atoms with Crippen LogP contribution in [0.2, 0.25) is 0 Å². The van der Waals surface area contributed by atoms with E-state index < -0.39 is 5.97 Å². The van der Waals surface area contributed by atoms with Gasteiger partial charge in [-0.25, -0.2) is 0 Å². The topological polar surface area (TPSA) is 106 Å². The number of aliphatic carboxylic acids is 1. The van der Waals surface area contributed by atoms with Gasteiger partial charge in [-0.15, -0.1) is 0 Å². The first-order chi connectivity index (χ1) is 8.56. The molecule has 1 amide bonds. The van der Waals surface area contributed by atoms with Crippen molar-refractivity contribution in [3.8, 4) is 0 Å². The number of furan rings is 1. The van der Waals surface area contributed by atoms with Crippen LogP contribution in [0.1, 0.15) is 36.1 Å². The molecule has 4 N–H and O–H groups in total. The molecular weight excluding hydrogens is 236 g/mol. The number of carboxylic acid groups (broad SMARTS) is 1. The molecule has 100 valence electrons. The normalized spacial score (nSPS) is 12.1. The summed E-state index contributed by atoms with van der Waals surface area (Å²) in [5.41, 5.74) is 5.37. The average Bonchev–Trinajstić information content (AvgIpc) is 2.82. The van der Waals surface area contributed by atoms with Crippen LogP contribution in [0.3, 0.4) is 0 Å². The Morgan fingerprint density at radius 3 is 2.72 bits per heavy atom. The Balaban J connectivity index is 2.46. The molecule has 18 heavy (non-hydrogen) atoms. The van der Waals surface area contributed by atoms with Crippen LogP contribution in [0.5, 0.6) is 0 Å². The quantitative estimate of drug-likeness (QED) is 0.672. The zero-order valence-corrected chi connectivity index (χ0v) is 10.3. The third-order valence-electron chi connectivity index (χ3n) is 2.68. The molecule has 1 rings (SSSR count). The lowest BCUT2D eigenvalue weighted by atomic mass is 10.0. The van der Waals surface area contributed by atoms with E-state index in [2.05, 4.69) is 5.32 Å². The van der Waals surface area contributed by atoms with Gasteiger partial charge in [0, 0.05) is 13.0 Å². The van der Waals surface area contributed by atoms with E-state index in [0.717, 1.165) is 0 Å². The number of nitrogens with one attached hydrogen (secondary N) is 1. The van der Waals surface area contributed by atoms with E-state index in [-0.39, 0.29) is 30.6 Å². The van der Waals surface area contributed by atoms with Crippen LogP contribution < -0.4 is 11.1 Å². The molecule has 0 fully saturated rings. The number of hydrogen-bond donors (Lipinski definition) is 3. The second-order valence-electron chi connectivity index (χ2n) is 4.05. The minimum Gasteiger partial charge on any atom is -0.481 e. The molecule has 6 heteroatoms. The van der Waals surface area contributed by atoms with E-state index in [4.69, 9.17) is 15.3 Å². The first kappa shape index (κ1) is 14.2.